The smallest absolute Gasteiger partial charge is 0.320 e. The topological polar surface area (TPSA) is 49.3 Å². The van der Waals surface area contributed by atoms with E-state index in [1.807, 2.05) is 4.90 Å². The first-order valence-corrected chi connectivity index (χ1v) is 8.31. The SMILES string of the molecule is CN(CCCl)C(=O)N1CCc2c(sc3ncnc(Cl)c23)C1. The number of carbonyl (C=O) groups excluding carboxylic acids is 1. The maximum Gasteiger partial charge on any atom is 0.320 e. The molecule has 112 valence electrons. The minimum atomic E-state index is 0.0101. The van der Waals surface area contributed by atoms with Crippen molar-refractivity contribution < 1.29 is 4.79 Å². The zero-order valence-corrected chi connectivity index (χ0v) is 13.8. The Labute approximate surface area is 136 Å². The number of alkyl halides is 1. The van der Waals surface area contributed by atoms with E-state index in [0.717, 1.165) is 21.5 Å². The summed E-state index contributed by atoms with van der Waals surface area (Å²) in [5, 5.41) is 1.44. The molecule has 0 aromatic carbocycles. The van der Waals surface area contributed by atoms with Crippen molar-refractivity contribution in [3.8, 4) is 0 Å². The Bertz CT molecular complexity index is 690. The van der Waals surface area contributed by atoms with Crippen molar-refractivity contribution in [2.75, 3.05) is 26.0 Å². The van der Waals surface area contributed by atoms with E-state index in [4.69, 9.17) is 23.2 Å². The van der Waals surface area contributed by atoms with Crippen molar-refractivity contribution in [2.45, 2.75) is 13.0 Å². The van der Waals surface area contributed by atoms with Gasteiger partial charge < -0.3 is 9.80 Å². The molecule has 0 saturated heterocycles. The highest BCUT2D eigenvalue weighted by atomic mass is 35.5. The van der Waals surface area contributed by atoms with E-state index < -0.39 is 0 Å². The monoisotopic (exact) mass is 344 g/mol. The van der Waals surface area contributed by atoms with E-state index in [2.05, 4.69) is 9.97 Å². The summed E-state index contributed by atoms with van der Waals surface area (Å²) in [4.78, 5) is 26.2. The van der Waals surface area contributed by atoms with Gasteiger partial charge in [-0.3, -0.25) is 0 Å². The van der Waals surface area contributed by atoms with Crippen LogP contribution in [0.25, 0.3) is 10.2 Å². The molecule has 2 aromatic heterocycles. The number of amides is 2. The van der Waals surface area contributed by atoms with Gasteiger partial charge in [-0.25, -0.2) is 14.8 Å². The van der Waals surface area contributed by atoms with Crippen molar-refractivity contribution in [3.05, 3.63) is 21.9 Å². The number of hydrogen-bond acceptors (Lipinski definition) is 4. The maximum atomic E-state index is 12.3. The van der Waals surface area contributed by atoms with Crippen LogP contribution in [0.2, 0.25) is 5.15 Å². The molecule has 1 aliphatic rings. The second kappa shape index (κ2) is 5.94. The highest BCUT2D eigenvalue weighted by molar-refractivity contribution is 7.19. The maximum absolute atomic E-state index is 12.3. The summed E-state index contributed by atoms with van der Waals surface area (Å²) in [6.07, 6.45) is 2.26. The van der Waals surface area contributed by atoms with Crippen LogP contribution >= 0.6 is 34.5 Å². The van der Waals surface area contributed by atoms with Crippen molar-refractivity contribution in [1.82, 2.24) is 19.8 Å². The second-order valence-corrected chi connectivity index (χ2v) is 6.73. The van der Waals surface area contributed by atoms with Crippen molar-refractivity contribution in [1.29, 1.82) is 0 Å². The molecule has 0 fully saturated rings. The van der Waals surface area contributed by atoms with Crippen LogP contribution in [0.1, 0.15) is 10.4 Å². The zero-order valence-electron chi connectivity index (χ0n) is 11.5. The fraction of sp³-hybridized carbons (Fsp3) is 0.462. The Hall–Kier alpha value is -1.11. The zero-order chi connectivity index (χ0) is 15.0. The van der Waals surface area contributed by atoms with Crippen LogP contribution in [0.15, 0.2) is 6.33 Å². The van der Waals surface area contributed by atoms with E-state index in [1.54, 1.807) is 23.3 Å². The third kappa shape index (κ3) is 2.67. The van der Waals surface area contributed by atoms with Crippen LogP contribution in [-0.4, -0.2) is 51.8 Å². The van der Waals surface area contributed by atoms with Gasteiger partial charge in [0.1, 0.15) is 16.3 Å². The van der Waals surface area contributed by atoms with Gasteiger partial charge in [-0.05, 0) is 12.0 Å². The lowest BCUT2D eigenvalue weighted by atomic mass is 10.1. The van der Waals surface area contributed by atoms with E-state index in [-0.39, 0.29) is 6.03 Å². The molecule has 5 nitrogen and oxygen atoms in total. The molecular weight excluding hydrogens is 331 g/mol. The highest BCUT2D eigenvalue weighted by Crippen LogP contribution is 2.36. The number of carbonyl (C=O) groups is 1. The first-order valence-electron chi connectivity index (χ1n) is 6.58. The van der Waals surface area contributed by atoms with Gasteiger partial charge in [0.05, 0.1) is 11.9 Å². The minimum absolute atomic E-state index is 0.0101. The van der Waals surface area contributed by atoms with Crippen molar-refractivity contribution >= 4 is 50.8 Å². The van der Waals surface area contributed by atoms with Crippen LogP contribution in [-0.2, 0) is 13.0 Å². The summed E-state index contributed by atoms with van der Waals surface area (Å²) in [5.74, 6) is 0.440. The number of urea groups is 1. The first kappa shape index (κ1) is 14.8. The molecule has 0 bridgehead atoms. The van der Waals surface area contributed by atoms with Crippen LogP contribution in [0, 0.1) is 0 Å². The number of halogens is 2. The molecule has 0 unspecified atom stereocenters. The fourth-order valence-electron chi connectivity index (χ4n) is 2.52. The van der Waals surface area contributed by atoms with Crippen LogP contribution in [0.5, 0.6) is 0 Å². The number of aromatic nitrogens is 2. The summed E-state index contributed by atoms with van der Waals surface area (Å²) in [6.45, 7) is 1.82. The Morgan fingerprint density at radius 2 is 2.33 bits per heavy atom. The molecule has 2 aromatic rings. The minimum Gasteiger partial charge on any atom is -0.327 e. The Balaban J connectivity index is 1.88. The largest absolute Gasteiger partial charge is 0.327 e. The van der Waals surface area contributed by atoms with Gasteiger partial charge in [0, 0.05) is 30.9 Å². The van der Waals surface area contributed by atoms with Gasteiger partial charge in [-0.2, -0.15) is 0 Å². The average molecular weight is 345 g/mol. The molecule has 0 atom stereocenters. The average Bonchev–Trinajstić information content (AvgIpc) is 2.85. The molecule has 3 rings (SSSR count). The third-order valence-corrected chi connectivity index (χ3v) is 5.19. The van der Waals surface area contributed by atoms with E-state index in [0.29, 0.717) is 30.7 Å². The highest BCUT2D eigenvalue weighted by Gasteiger charge is 2.27. The molecule has 0 radical (unpaired) electrons. The van der Waals surface area contributed by atoms with E-state index in [1.165, 1.54) is 11.9 Å². The first-order chi connectivity index (χ1) is 10.1. The number of thiophene rings is 1. The predicted octanol–water partition coefficient (Wildman–Crippen LogP) is 2.99. The van der Waals surface area contributed by atoms with Crippen LogP contribution in [0.4, 0.5) is 4.79 Å². The number of fused-ring (bicyclic) bond motifs is 3. The molecule has 21 heavy (non-hydrogen) atoms. The molecule has 3 heterocycles. The van der Waals surface area contributed by atoms with Gasteiger partial charge in [0.2, 0.25) is 0 Å². The summed E-state index contributed by atoms with van der Waals surface area (Å²) >= 11 is 13.5. The Morgan fingerprint density at radius 3 is 3.10 bits per heavy atom. The summed E-state index contributed by atoms with van der Waals surface area (Å²) in [7, 11) is 1.77. The quantitative estimate of drug-likeness (QED) is 0.621. The third-order valence-electron chi connectivity index (χ3n) is 3.61. The lowest BCUT2D eigenvalue weighted by molar-refractivity contribution is 0.160. The van der Waals surface area contributed by atoms with Crippen LogP contribution < -0.4 is 0 Å². The normalized spacial score (nSPS) is 14.3. The van der Waals surface area contributed by atoms with Gasteiger partial charge in [0.15, 0.2) is 0 Å². The van der Waals surface area contributed by atoms with E-state index >= 15 is 0 Å². The lowest BCUT2D eigenvalue weighted by Crippen LogP contribution is -2.43. The summed E-state index contributed by atoms with van der Waals surface area (Å²) in [5.41, 5.74) is 1.18. The number of hydrogen-bond donors (Lipinski definition) is 0. The van der Waals surface area contributed by atoms with Gasteiger partial charge in [0.25, 0.3) is 0 Å². The Kier molecular flexibility index (Phi) is 4.19. The molecule has 2 amide bonds. The number of rotatable bonds is 2. The van der Waals surface area contributed by atoms with Gasteiger partial charge in [-0.15, -0.1) is 22.9 Å². The lowest BCUT2D eigenvalue weighted by Gasteiger charge is -2.30. The second-order valence-electron chi connectivity index (χ2n) is 4.91. The molecule has 1 aliphatic heterocycles. The Morgan fingerprint density at radius 1 is 1.52 bits per heavy atom. The predicted molar refractivity (Wildman–Crippen MR) is 85.3 cm³/mol. The number of nitrogens with zero attached hydrogens (tertiary/aromatic N) is 4. The molecule has 8 heteroatoms. The molecular formula is C13H14Cl2N4OS. The van der Waals surface area contributed by atoms with Crippen LogP contribution in [0.3, 0.4) is 0 Å². The summed E-state index contributed by atoms with van der Waals surface area (Å²) in [6, 6.07) is 0.0101. The molecule has 0 aliphatic carbocycles. The van der Waals surface area contributed by atoms with Gasteiger partial charge >= 0.3 is 6.03 Å². The fourth-order valence-corrected chi connectivity index (χ4v) is 4.28. The van der Waals surface area contributed by atoms with E-state index in [9.17, 15) is 4.79 Å². The molecule has 0 N–H and O–H groups in total. The van der Waals surface area contributed by atoms with Crippen molar-refractivity contribution in [2.24, 2.45) is 0 Å². The molecule has 0 saturated carbocycles. The summed E-state index contributed by atoms with van der Waals surface area (Å²) < 4.78 is 0. The van der Waals surface area contributed by atoms with Crippen molar-refractivity contribution in [3.63, 3.8) is 0 Å². The van der Waals surface area contributed by atoms with Gasteiger partial charge in [-0.1, -0.05) is 11.6 Å². The standard InChI is InChI=1S/C13H14Cl2N4OS/c1-18(5-3-14)13(20)19-4-2-8-9(6-19)21-12-10(8)11(15)16-7-17-12/h7H,2-6H2,1H3. The molecule has 0 spiro atoms.